The summed E-state index contributed by atoms with van der Waals surface area (Å²) in [6.45, 7) is 7.31. The Balaban J connectivity index is 1.72. The van der Waals surface area contributed by atoms with Gasteiger partial charge < -0.3 is 10.4 Å². The smallest absolute Gasteiger partial charge is 0.326 e. The molecule has 1 aliphatic carbocycles. The monoisotopic (exact) mass is 479 g/mol. The highest BCUT2D eigenvalue weighted by atomic mass is 35.5. The molecule has 5 nitrogen and oxygen atoms in total. The second kappa shape index (κ2) is 10.3. The van der Waals surface area contributed by atoms with Crippen molar-refractivity contribution in [2.75, 3.05) is 10.2 Å². The third-order valence-electron chi connectivity index (χ3n) is 5.73. The lowest BCUT2D eigenvalue weighted by Crippen LogP contribution is -2.46. The van der Waals surface area contributed by atoms with Crippen LogP contribution in [0, 0.1) is 12.5 Å². The molecule has 0 bridgehead atoms. The highest BCUT2D eigenvalue weighted by Gasteiger charge is 2.37. The highest BCUT2D eigenvalue weighted by Crippen LogP contribution is 2.40. The summed E-state index contributed by atoms with van der Waals surface area (Å²) >= 11 is 12.1. The van der Waals surface area contributed by atoms with Gasteiger partial charge in [0, 0.05) is 21.4 Å². The van der Waals surface area contributed by atoms with Crippen LogP contribution in [0.4, 0.5) is 21.9 Å². The van der Waals surface area contributed by atoms with Crippen LogP contribution in [0.25, 0.3) is 4.85 Å². The van der Waals surface area contributed by atoms with Gasteiger partial charge in [0.05, 0.1) is 18.7 Å². The maximum Gasteiger partial charge on any atom is 0.326 e. The van der Waals surface area contributed by atoms with Crippen LogP contribution >= 0.6 is 23.2 Å². The zero-order chi connectivity index (χ0) is 23.4. The van der Waals surface area contributed by atoms with Crippen molar-refractivity contribution in [2.45, 2.75) is 31.4 Å². The number of aliphatic hydroxyl groups excluding tert-OH is 1. The van der Waals surface area contributed by atoms with Crippen molar-refractivity contribution in [3.05, 3.63) is 99.8 Å². The summed E-state index contributed by atoms with van der Waals surface area (Å²) in [5, 5.41) is 15.5. The number of carbonyl (C=O) groups is 1. The molecule has 0 heterocycles. The van der Waals surface area contributed by atoms with Crippen LogP contribution in [0.3, 0.4) is 0 Å². The molecular formula is C26H23Cl2N3O2. The Hall–Kier alpha value is -3.04. The van der Waals surface area contributed by atoms with E-state index < -0.39 is 12.1 Å². The summed E-state index contributed by atoms with van der Waals surface area (Å²) in [6.07, 6.45) is 1.80. The first-order valence-corrected chi connectivity index (χ1v) is 11.5. The average molecular weight is 480 g/mol. The standard InChI is InChI=1S/C26H23Cl2N3O2/c1-29-22-4-2-3-18(16-22)25(32)24(15-17-5-6-17)31(23-13-9-20(28)10-14-23)26(33)30-21-11-7-19(27)8-12-21/h2-4,7-14,16-17,24-25,32H,5-6,15H2,(H,30,33). The fourth-order valence-electron chi connectivity index (χ4n) is 3.85. The number of amides is 2. The molecule has 2 atom stereocenters. The van der Waals surface area contributed by atoms with Crippen molar-refractivity contribution in [1.82, 2.24) is 0 Å². The van der Waals surface area contributed by atoms with Gasteiger partial charge in [0.1, 0.15) is 0 Å². The van der Waals surface area contributed by atoms with Gasteiger partial charge in [-0.15, -0.1) is 0 Å². The number of hydrogen-bond donors (Lipinski definition) is 2. The minimum absolute atomic E-state index is 0.370. The Kier molecular flexibility index (Phi) is 7.20. The van der Waals surface area contributed by atoms with Crippen LogP contribution < -0.4 is 10.2 Å². The van der Waals surface area contributed by atoms with Gasteiger partial charge in [0.2, 0.25) is 0 Å². The lowest BCUT2D eigenvalue weighted by atomic mass is 9.95. The minimum Gasteiger partial charge on any atom is -0.386 e. The number of aliphatic hydroxyl groups is 1. The molecule has 0 aromatic heterocycles. The fourth-order valence-corrected chi connectivity index (χ4v) is 4.10. The van der Waals surface area contributed by atoms with E-state index in [0.717, 1.165) is 12.8 Å². The molecule has 0 aliphatic heterocycles. The molecule has 1 aliphatic rings. The number of benzene rings is 3. The Labute approximate surface area is 203 Å². The summed E-state index contributed by atoms with van der Waals surface area (Å²) in [5.41, 5.74) is 2.27. The van der Waals surface area contributed by atoms with Crippen molar-refractivity contribution < 1.29 is 9.90 Å². The lowest BCUT2D eigenvalue weighted by Gasteiger charge is -2.35. The van der Waals surface area contributed by atoms with Crippen molar-refractivity contribution in [1.29, 1.82) is 0 Å². The second-order valence-corrected chi connectivity index (χ2v) is 9.05. The van der Waals surface area contributed by atoms with Gasteiger partial charge in [-0.1, -0.05) is 60.3 Å². The predicted molar refractivity (Wildman–Crippen MR) is 133 cm³/mol. The Bertz CT molecular complexity index is 1160. The Morgan fingerprint density at radius 2 is 1.70 bits per heavy atom. The Morgan fingerprint density at radius 3 is 2.30 bits per heavy atom. The molecule has 2 unspecified atom stereocenters. The zero-order valence-corrected chi connectivity index (χ0v) is 19.3. The number of nitrogens with zero attached hydrogens (tertiary/aromatic N) is 2. The second-order valence-electron chi connectivity index (χ2n) is 8.18. The van der Waals surface area contributed by atoms with E-state index in [0.29, 0.717) is 45.0 Å². The van der Waals surface area contributed by atoms with Crippen LogP contribution in [0.15, 0.2) is 72.8 Å². The normalized spacial score (nSPS) is 14.7. The summed E-state index contributed by atoms with van der Waals surface area (Å²) in [6, 6.07) is 19.9. The SMILES string of the molecule is [C-]#[N+]c1cccc(C(O)C(CC2CC2)N(C(=O)Nc2ccc(Cl)cc2)c2ccc(Cl)cc2)c1. The number of urea groups is 1. The summed E-state index contributed by atoms with van der Waals surface area (Å²) < 4.78 is 0. The molecule has 7 heteroatoms. The molecule has 0 spiro atoms. The average Bonchev–Trinajstić information content (AvgIpc) is 3.65. The molecule has 168 valence electrons. The van der Waals surface area contributed by atoms with Crippen LogP contribution in [-0.4, -0.2) is 17.2 Å². The van der Waals surface area contributed by atoms with Crippen LogP contribution in [0.5, 0.6) is 0 Å². The van der Waals surface area contributed by atoms with E-state index in [1.54, 1.807) is 77.7 Å². The van der Waals surface area contributed by atoms with Gasteiger partial charge in [-0.25, -0.2) is 9.64 Å². The van der Waals surface area contributed by atoms with Crippen LogP contribution in [0.2, 0.25) is 10.0 Å². The van der Waals surface area contributed by atoms with Gasteiger partial charge in [-0.2, -0.15) is 0 Å². The van der Waals surface area contributed by atoms with E-state index in [9.17, 15) is 9.90 Å². The van der Waals surface area contributed by atoms with E-state index in [1.165, 1.54) is 0 Å². The third-order valence-corrected chi connectivity index (χ3v) is 6.23. The summed E-state index contributed by atoms with van der Waals surface area (Å²) in [5.74, 6) is 0.437. The number of halogens is 2. The van der Waals surface area contributed by atoms with Crippen LogP contribution in [0.1, 0.15) is 30.9 Å². The molecule has 33 heavy (non-hydrogen) atoms. The number of carbonyl (C=O) groups excluding carboxylic acids is 1. The van der Waals surface area contributed by atoms with E-state index in [4.69, 9.17) is 29.8 Å². The van der Waals surface area contributed by atoms with Gasteiger partial charge in [0.25, 0.3) is 0 Å². The number of anilines is 2. The predicted octanol–water partition coefficient (Wildman–Crippen LogP) is 7.48. The van der Waals surface area contributed by atoms with E-state index in [1.807, 2.05) is 0 Å². The molecule has 2 N–H and O–H groups in total. The summed E-state index contributed by atoms with van der Waals surface area (Å²) in [4.78, 5) is 18.6. The lowest BCUT2D eigenvalue weighted by molar-refractivity contribution is 0.136. The minimum atomic E-state index is -0.973. The van der Waals surface area contributed by atoms with E-state index in [2.05, 4.69) is 10.2 Å². The summed E-state index contributed by atoms with van der Waals surface area (Å²) in [7, 11) is 0. The molecular weight excluding hydrogens is 457 g/mol. The zero-order valence-electron chi connectivity index (χ0n) is 17.8. The molecule has 4 rings (SSSR count). The van der Waals surface area contributed by atoms with Crippen LogP contribution in [-0.2, 0) is 0 Å². The van der Waals surface area contributed by atoms with Crippen molar-refractivity contribution in [3.63, 3.8) is 0 Å². The molecule has 2 amide bonds. The first-order chi connectivity index (χ1) is 15.9. The largest absolute Gasteiger partial charge is 0.386 e. The Morgan fingerprint density at radius 1 is 1.06 bits per heavy atom. The van der Waals surface area contributed by atoms with Gasteiger partial charge in [-0.3, -0.25) is 4.90 Å². The quantitative estimate of drug-likeness (QED) is 0.345. The van der Waals surface area contributed by atoms with Gasteiger partial charge in [0.15, 0.2) is 5.69 Å². The number of nitrogens with one attached hydrogen (secondary N) is 1. The fraction of sp³-hybridized carbons (Fsp3) is 0.231. The molecule has 3 aromatic rings. The maximum atomic E-state index is 13.6. The first kappa shape index (κ1) is 23.1. The number of hydrogen-bond acceptors (Lipinski definition) is 2. The molecule has 3 aromatic carbocycles. The topological polar surface area (TPSA) is 56.9 Å². The van der Waals surface area contributed by atoms with Crippen molar-refractivity contribution in [2.24, 2.45) is 5.92 Å². The van der Waals surface area contributed by atoms with Gasteiger partial charge in [-0.05, 0) is 66.4 Å². The molecule has 1 saturated carbocycles. The molecule has 0 radical (unpaired) electrons. The molecule has 0 saturated heterocycles. The van der Waals surface area contributed by atoms with E-state index in [-0.39, 0.29) is 6.03 Å². The third kappa shape index (κ3) is 5.85. The van der Waals surface area contributed by atoms with Crippen molar-refractivity contribution in [3.8, 4) is 0 Å². The maximum absolute atomic E-state index is 13.6. The van der Waals surface area contributed by atoms with Gasteiger partial charge >= 0.3 is 6.03 Å². The van der Waals surface area contributed by atoms with E-state index >= 15 is 0 Å². The molecule has 1 fully saturated rings. The number of rotatable bonds is 7. The highest BCUT2D eigenvalue weighted by molar-refractivity contribution is 6.31. The van der Waals surface area contributed by atoms with Crippen molar-refractivity contribution >= 4 is 46.3 Å². The first-order valence-electron chi connectivity index (χ1n) is 10.7.